The first kappa shape index (κ1) is 20.7. The highest BCUT2D eigenvalue weighted by atomic mass is 32.2. The average Bonchev–Trinajstić information content (AvgIpc) is 2.61. The number of Topliss-reactive ketones (excluding diaryl/α,β-unsaturated/α-hetero) is 1. The van der Waals surface area contributed by atoms with Gasteiger partial charge in [0.2, 0.25) is 15.8 Å². The molecule has 0 radical (unpaired) electrons. The van der Waals surface area contributed by atoms with E-state index < -0.39 is 33.7 Å². The van der Waals surface area contributed by atoms with Gasteiger partial charge in [-0.3, -0.25) is 4.79 Å². The SMILES string of the molecule is Cc1ccc(S(=O)(=O)N(C)C)cc1C(=O)O[C@H](C)C(=O)c1ccc(F)cc1. The molecule has 0 amide bonds. The summed E-state index contributed by atoms with van der Waals surface area (Å²) in [6.07, 6.45) is -1.11. The zero-order valence-corrected chi connectivity index (χ0v) is 16.2. The third kappa shape index (κ3) is 4.58. The number of sulfonamides is 1. The van der Waals surface area contributed by atoms with Crippen LogP contribution in [-0.4, -0.2) is 44.7 Å². The molecular formula is C19H20FNO5S. The van der Waals surface area contributed by atoms with E-state index in [9.17, 15) is 22.4 Å². The van der Waals surface area contributed by atoms with Crippen LogP contribution in [0, 0.1) is 12.7 Å². The number of ketones is 1. The van der Waals surface area contributed by atoms with Crippen molar-refractivity contribution >= 4 is 21.8 Å². The Morgan fingerprint density at radius 2 is 1.67 bits per heavy atom. The fourth-order valence-electron chi connectivity index (χ4n) is 2.32. The smallest absolute Gasteiger partial charge is 0.339 e. The lowest BCUT2D eigenvalue weighted by Crippen LogP contribution is -2.25. The number of carbonyl (C=O) groups excluding carboxylic acids is 2. The molecule has 1 atom stereocenters. The maximum Gasteiger partial charge on any atom is 0.339 e. The normalized spacial score (nSPS) is 12.7. The minimum Gasteiger partial charge on any atom is -0.451 e. The number of ether oxygens (including phenoxy) is 1. The molecule has 0 fully saturated rings. The molecule has 0 saturated carbocycles. The third-order valence-corrected chi connectivity index (χ3v) is 5.80. The number of hydrogen-bond donors (Lipinski definition) is 0. The number of hydrogen-bond acceptors (Lipinski definition) is 5. The molecule has 0 heterocycles. The molecule has 27 heavy (non-hydrogen) atoms. The van der Waals surface area contributed by atoms with Crippen molar-refractivity contribution < 1.29 is 27.1 Å². The van der Waals surface area contributed by atoms with Crippen LogP contribution in [0.1, 0.15) is 33.2 Å². The summed E-state index contributed by atoms with van der Waals surface area (Å²) in [5.74, 6) is -1.78. The van der Waals surface area contributed by atoms with Crippen molar-refractivity contribution in [2.75, 3.05) is 14.1 Å². The summed E-state index contributed by atoms with van der Waals surface area (Å²) in [4.78, 5) is 24.7. The number of benzene rings is 2. The van der Waals surface area contributed by atoms with Gasteiger partial charge in [-0.2, -0.15) is 0 Å². The van der Waals surface area contributed by atoms with Crippen LogP contribution in [0.15, 0.2) is 47.4 Å². The molecule has 144 valence electrons. The zero-order valence-electron chi connectivity index (χ0n) is 15.4. The molecule has 0 unspecified atom stereocenters. The average molecular weight is 393 g/mol. The van der Waals surface area contributed by atoms with Gasteiger partial charge in [0, 0.05) is 19.7 Å². The fourth-order valence-corrected chi connectivity index (χ4v) is 3.25. The summed E-state index contributed by atoms with van der Waals surface area (Å²) in [5, 5.41) is 0. The van der Waals surface area contributed by atoms with Gasteiger partial charge in [0.25, 0.3) is 0 Å². The van der Waals surface area contributed by atoms with Crippen molar-refractivity contribution in [2.24, 2.45) is 0 Å². The number of aryl methyl sites for hydroxylation is 1. The second-order valence-electron chi connectivity index (χ2n) is 6.18. The van der Waals surface area contributed by atoms with E-state index in [1.807, 2.05) is 0 Å². The molecule has 2 aromatic rings. The molecular weight excluding hydrogens is 373 g/mol. The molecule has 2 aromatic carbocycles. The minimum atomic E-state index is -3.72. The fraction of sp³-hybridized carbons (Fsp3) is 0.263. The van der Waals surface area contributed by atoms with Crippen molar-refractivity contribution in [1.29, 1.82) is 0 Å². The van der Waals surface area contributed by atoms with E-state index in [0.29, 0.717) is 5.56 Å². The van der Waals surface area contributed by atoms with Gasteiger partial charge < -0.3 is 4.74 Å². The largest absolute Gasteiger partial charge is 0.451 e. The van der Waals surface area contributed by atoms with Crippen LogP contribution in [0.3, 0.4) is 0 Å². The third-order valence-electron chi connectivity index (χ3n) is 3.99. The standard InChI is InChI=1S/C19H20FNO5S/c1-12-5-10-16(27(24,25)21(3)4)11-17(12)19(23)26-13(2)18(22)14-6-8-15(20)9-7-14/h5-11,13H,1-4H3/t13-/m1/s1. The van der Waals surface area contributed by atoms with Gasteiger partial charge in [-0.1, -0.05) is 6.07 Å². The van der Waals surface area contributed by atoms with Gasteiger partial charge in [0.05, 0.1) is 10.5 Å². The van der Waals surface area contributed by atoms with Crippen molar-refractivity contribution in [1.82, 2.24) is 4.31 Å². The summed E-state index contributed by atoms with van der Waals surface area (Å²) in [6, 6.07) is 9.01. The summed E-state index contributed by atoms with van der Waals surface area (Å²) < 4.78 is 43.7. The van der Waals surface area contributed by atoms with Crippen LogP contribution >= 0.6 is 0 Å². The van der Waals surface area contributed by atoms with Gasteiger partial charge in [0.15, 0.2) is 6.10 Å². The number of halogens is 1. The molecule has 0 spiro atoms. The summed E-state index contributed by atoms with van der Waals surface area (Å²) in [6.45, 7) is 3.04. The second-order valence-corrected chi connectivity index (χ2v) is 8.33. The maximum absolute atomic E-state index is 13.0. The van der Waals surface area contributed by atoms with Crippen LogP contribution in [0.25, 0.3) is 0 Å². The Bertz CT molecular complexity index is 968. The molecule has 6 nitrogen and oxygen atoms in total. The number of rotatable bonds is 6. The number of esters is 1. The molecule has 0 aromatic heterocycles. The van der Waals surface area contributed by atoms with Gasteiger partial charge in [0.1, 0.15) is 5.82 Å². The lowest BCUT2D eigenvalue weighted by molar-refractivity contribution is 0.0318. The van der Waals surface area contributed by atoms with E-state index >= 15 is 0 Å². The van der Waals surface area contributed by atoms with Crippen molar-refractivity contribution in [3.05, 3.63) is 65.0 Å². The van der Waals surface area contributed by atoms with E-state index in [1.165, 1.54) is 51.4 Å². The van der Waals surface area contributed by atoms with Gasteiger partial charge in [-0.05, 0) is 55.8 Å². The van der Waals surface area contributed by atoms with E-state index in [4.69, 9.17) is 4.74 Å². The lowest BCUT2D eigenvalue weighted by Gasteiger charge is -2.15. The first-order valence-electron chi connectivity index (χ1n) is 8.08. The van der Waals surface area contributed by atoms with Gasteiger partial charge >= 0.3 is 5.97 Å². The molecule has 0 aliphatic heterocycles. The van der Waals surface area contributed by atoms with Crippen molar-refractivity contribution in [3.8, 4) is 0 Å². The molecule has 0 N–H and O–H groups in total. The van der Waals surface area contributed by atoms with Gasteiger partial charge in [-0.15, -0.1) is 0 Å². The quantitative estimate of drug-likeness (QED) is 0.557. The molecule has 0 aliphatic carbocycles. The van der Waals surface area contributed by atoms with Crippen molar-refractivity contribution in [2.45, 2.75) is 24.8 Å². The Balaban J connectivity index is 2.25. The van der Waals surface area contributed by atoms with E-state index in [2.05, 4.69) is 0 Å². The highest BCUT2D eigenvalue weighted by molar-refractivity contribution is 7.89. The first-order valence-corrected chi connectivity index (χ1v) is 9.52. The highest BCUT2D eigenvalue weighted by Gasteiger charge is 2.24. The van der Waals surface area contributed by atoms with Crippen LogP contribution in [0.4, 0.5) is 4.39 Å². The Kier molecular flexibility index (Phi) is 6.12. The Hall–Kier alpha value is -2.58. The predicted octanol–water partition coefficient (Wildman–Crippen LogP) is 2.81. The lowest BCUT2D eigenvalue weighted by atomic mass is 10.1. The van der Waals surface area contributed by atoms with Crippen LogP contribution in [-0.2, 0) is 14.8 Å². The number of nitrogens with zero attached hydrogens (tertiary/aromatic N) is 1. The maximum atomic E-state index is 13.0. The summed E-state index contributed by atoms with van der Waals surface area (Å²) in [7, 11) is -0.947. The van der Waals surface area contributed by atoms with Crippen LogP contribution in [0.5, 0.6) is 0 Å². The monoisotopic (exact) mass is 393 g/mol. The predicted molar refractivity (Wildman–Crippen MR) is 97.7 cm³/mol. The molecule has 8 heteroatoms. The minimum absolute atomic E-state index is 0.0525. The Morgan fingerprint density at radius 1 is 1.07 bits per heavy atom. The highest BCUT2D eigenvalue weighted by Crippen LogP contribution is 2.20. The Labute approximate surface area is 157 Å². The summed E-state index contributed by atoms with van der Waals surface area (Å²) in [5.41, 5.74) is 0.771. The molecule has 2 rings (SSSR count). The van der Waals surface area contributed by atoms with Crippen LogP contribution in [0.2, 0.25) is 0 Å². The van der Waals surface area contributed by atoms with Crippen LogP contribution < -0.4 is 0 Å². The summed E-state index contributed by atoms with van der Waals surface area (Å²) >= 11 is 0. The zero-order chi connectivity index (χ0) is 20.4. The van der Waals surface area contributed by atoms with E-state index in [0.717, 1.165) is 16.4 Å². The van der Waals surface area contributed by atoms with Crippen molar-refractivity contribution in [3.63, 3.8) is 0 Å². The molecule has 0 aliphatic rings. The molecule has 0 bridgehead atoms. The van der Waals surface area contributed by atoms with E-state index in [1.54, 1.807) is 6.92 Å². The first-order chi connectivity index (χ1) is 12.5. The Morgan fingerprint density at radius 3 is 2.22 bits per heavy atom. The van der Waals surface area contributed by atoms with Gasteiger partial charge in [-0.25, -0.2) is 21.9 Å². The number of carbonyl (C=O) groups is 2. The second kappa shape index (κ2) is 7.98. The topological polar surface area (TPSA) is 80.8 Å². The van der Waals surface area contributed by atoms with E-state index in [-0.39, 0.29) is 16.0 Å². The molecule has 0 saturated heterocycles.